The number of alkyl halides is 1. The van der Waals surface area contributed by atoms with Crippen molar-refractivity contribution in [3.05, 3.63) is 0 Å². The average molecular weight is 405 g/mol. The van der Waals surface area contributed by atoms with Crippen LogP contribution in [0.3, 0.4) is 0 Å². The van der Waals surface area contributed by atoms with Crippen molar-refractivity contribution in [2.24, 2.45) is 5.41 Å². The lowest BCUT2D eigenvalue weighted by Gasteiger charge is -2.11. The second-order valence-electron chi connectivity index (χ2n) is 2.69. The Balaban J connectivity index is 0. The summed E-state index contributed by atoms with van der Waals surface area (Å²) in [7, 11) is 0. The summed E-state index contributed by atoms with van der Waals surface area (Å²) in [5.74, 6) is 0. The molecule has 0 atom stereocenters. The maximum atomic E-state index is 3.37. The summed E-state index contributed by atoms with van der Waals surface area (Å²) in [5, 5.41) is 1.08. The van der Waals surface area contributed by atoms with Gasteiger partial charge < -0.3 is 0 Å². The van der Waals surface area contributed by atoms with Crippen LogP contribution in [-0.2, 0) is 0 Å². The fraction of sp³-hybridized carbons (Fsp3) is 1.00. The Kier molecular flexibility index (Phi) is 11.1. The van der Waals surface area contributed by atoms with Crippen LogP contribution in [0.4, 0.5) is 0 Å². The Hall–Kier alpha value is 1.94. The third-order valence-corrected chi connectivity index (χ3v) is 2.08. The molecule has 0 N–H and O–H groups in total. The van der Waals surface area contributed by atoms with E-state index in [1.807, 2.05) is 0 Å². The SMILES string of the molecule is CC(C)(C)CBr.II. The maximum absolute atomic E-state index is 3.37. The summed E-state index contributed by atoms with van der Waals surface area (Å²) in [6.07, 6.45) is 0. The van der Waals surface area contributed by atoms with Crippen molar-refractivity contribution in [1.82, 2.24) is 0 Å². The van der Waals surface area contributed by atoms with E-state index in [2.05, 4.69) is 73.9 Å². The highest BCUT2D eigenvalue weighted by Crippen LogP contribution is 2.14. The van der Waals surface area contributed by atoms with Gasteiger partial charge in [0.2, 0.25) is 0 Å². The quantitative estimate of drug-likeness (QED) is 0.419. The molecule has 0 aliphatic rings. The van der Waals surface area contributed by atoms with Crippen molar-refractivity contribution in [3.8, 4) is 0 Å². The van der Waals surface area contributed by atoms with E-state index < -0.39 is 0 Å². The largest absolute Gasteiger partial charge is 0.0922 e. The molecule has 0 unspecified atom stereocenters. The lowest BCUT2D eigenvalue weighted by atomic mass is 10.0. The lowest BCUT2D eigenvalue weighted by Crippen LogP contribution is -2.04. The normalized spacial score (nSPS) is 9.75. The molecule has 0 aromatic carbocycles. The number of hydrogen-bond acceptors (Lipinski definition) is 0. The van der Waals surface area contributed by atoms with E-state index in [9.17, 15) is 0 Å². The molecule has 0 bridgehead atoms. The van der Waals surface area contributed by atoms with Gasteiger partial charge >= 0.3 is 0 Å². The molecule has 0 amide bonds. The van der Waals surface area contributed by atoms with Gasteiger partial charge in [-0.3, -0.25) is 0 Å². The van der Waals surface area contributed by atoms with Crippen molar-refractivity contribution in [1.29, 1.82) is 0 Å². The van der Waals surface area contributed by atoms with E-state index >= 15 is 0 Å². The third-order valence-electron chi connectivity index (χ3n) is 0.401. The van der Waals surface area contributed by atoms with Gasteiger partial charge in [0.05, 0.1) is 0 Å². The highest BCUT2D eigenvalue weighted by molar-refractivity contribution is 15.0. The fourth-order valence-electron chi connectivity index (χ4n) is 0. The minimum atomic E-state index is 0.458. The number of hydrogen-bond donors (Lipinski definition) is 0. The van der Waals surface area contributed by atoms with Gasteiger partial charge in [-0.2, -0.15) is 0 Å². The van der Waals surface area contributed by atoms with Crippen LogP contribution >= 0.6 is 53.2 Å². The smallest absolute Gasteiger partial charge is 0.00800 e. The lowest BCUT2D eigenvalue weighted by molar-refractivity contribution is 0.484. The van der Waals surface area contributed by atoms with Gasteiger partial charge in [-0.15, -0.1) is 0 Å². The predicted molar refractivity (Wildman–Crippen MR) is 61.3 cm³/mol. The molecule has 0 aromatic rings. The standard InChI is InChI=1S/C5H11Br.I2/c1-5(2,3)4-6;1-2/h4H2,1-3H3;. The van der Waals surface area contributed by atoms with Gasteiger partial charge in [0.25, 0.3) is 0 Å². The zero-order chi connectivity index (χ0) is 7.21. The molecule has 0 saturated heterocycles. The molecular formula is C5H11BrI2. The Labute approximate surface area is 83.6 Å². The summed E-state index contributed by atoms with van der Waals surface area (Å²) in [5.41, 5.74) is 0.458. The first kappa shape index (κ1) is 12.6. The molecular weight excluding hydrogens is 394 g/mol. The summed E-state index contributed by atoms with van der Waals surface area (Å²) < 4.78 is 0. The average Bonchev–Trinajstić information content (AvgIpc) is 1.71. The zero-order valence-corrected chi connectivity index (χ0v) is 11.2. The van der Waals surface area contributed by atoms with Crippen LogP contribution in [0.1, 0.15) is 20.8 Å². The Morgan fingerprint density at radius 2 is 1.38 bits per heavy atom. The molecule has 52 valence electrons. The predicted octanol–water partition coefficient (Wildman–Crippen LogP) is 4.20. The maximum Gasteiger partial charge on any atom is 0.00800 e. The van der Waals surface area contributed by atoms with Gasteiger partial charge in [0.1, 0.15) is 0 Å². The molecule has 0 rings (SSSR count). The number of halogens is 3. The third kappa shape index (κ3) is 15.7. The monoisotopic (exact) mass is 404 g/mol. The summed E-state index contributed by atoms with van der Waals surface area (Å²) in [6, 6.07) is 0. The topological polar surface area (TPSA) is 0 Å². The molecule has 8 heavy (non-hydrogen) atoms. The first-order valence-electron chi connectivity index (χ1n) is 2.26. The second kappa shape index (κ2) is 7.05. The van der Waals surface area contributed by atoms with Gasteiger partial charge in [0, 0.05) is 42.6 Å². The van der Waals surface area contributed by atoms with E-state index in [4.69, 9.17) is 0 Å². The van der Waals surface area contributed by atoms with Crippen LogP contribution in [0.25, 0.3) is 0 Å². The fourth-order valence-corrected chi connectivity index (χ4v) is 0. The Bertz CT molecular complexity index is 40.2. The van der Waals surface area contributed by atoms with Crippen LogP contribution < -0.4 is 0 Å². The molecule has 0 nitrogen and oxygen atoms in total. The van der Waals surface area contributed by atoms with Crippen molar-refractivity contribution in [2.75, 3.05) is 5.33 Å². The Morgan fingerprint density at radius 1 is 1.25 bits per heavy atom. The summed E-state index contributed by atoms with van der Waals surface area (Å²) >= 11 is 7.61. The van der Waals surface area contributed by atoms with Crippen molar-refractivity contribution in [2.45, 2.75) is 20.8 Å². The number of rotatable bonds is 0. The van der Waals surface area contributed by atoms with E-state index in [1.54, 1.807) is 0 Å². The van der Waals surface area contributed by atoms with E-state index in [0.717, 1.165) is 5.33 Å². The molecule has 0 aliphatic carbocycles. The molecule has 3 heteroatoms. The second-order valence-corrected chi connectivity index (χ2v) is 3.26. The van der Waals surface area contributed by atoms with E-state index in [-0.39, 0.29) is 0 Å². The molecule has 0 aromatic heterocycles. The first-order valence-corrected chi connectivity index (χ1v) is 9.67. The van der Waals surface area contributed by atoms with Gasteiger partial charge in [-0.25, -0.2) is 0 Å². The van der Waals surface area contributed by atoms with Crippen LogP contribution in [0.5, 0.6) is 0 Å². The molecule has 0 heterocycles. The van der Waals surface area contributed by atoms with Crippen molar-refractivity contribution < 1.29 is 0 Å². The summed E-state index contributed by atoms with van der Waals surface area (Å²) in [6.45, 7) is 6.59. The van der Waals surface area contributed by atoms with Gasteiger partial charge in [-0.1, -0.05) is 36.7 Å². The van der Waals surface area contributed by atoms with E-state index in [1.165, 1.54) is 0 Å². The van der Waals surface area contributed by atoms with E-state index in [0.29, 0.717) is 5.41 Å². The highest BCUT2D eigenvalue weighted by Gasteiger charge is 2.04. The van der Waals surface area contributed by atoms with Crippen LogP contribution in [0, 0.1) is 5.41 Å². The molecule has 0 fully saturated rings. The van der Waals surface area contributed by atoms with Crippen LogP contribution in [0.15, 0.2) is 0 Å². The summed E-state index contributed by atoms with van der Waals surface area (Å²) in [4.78, 5) is 0. The molecule has 0 saturated carbocycles. The van der Waals surface area contributed by atoms with Gasteiger partial charge in [0.15, 0.2) is 0 Å². The van der Waals surface area contributed by atoms with Crippen molar-refractivity contribution in [3.63, 3.8) is 0 Å². The van der Waals surface area contributed by atoms with Crippen molar-refractivity contribution >= 4 is 53.2 Å². The molecule has 0 spiro atoms. The minimum absolute atomic E-state index is 0.458. The zero-order valence-electron chi connectivity index (χ0n) is 5.34. The molecule has 0 aliphatic heterocycles. The minimum Gasteiger partial charge on any atom is -0.0922 e. The molecule has 0 radical (unpaired) electrons. The van der Waals surface area contributed by atoms with Crippen LogP contribution in [-0.4, -0.2) is 5.33 Å². The Morgan fingerprint density at radius 3 is 1.38 bits per heavy atom. The first-order chi connectivity index (χ1) is 3.56. The highest BCUT2D eigenvalue weighted by atomic mass is 128. The van der Waals surface area contributed by atoms with Crippen LogP contribution in [0.2, 0.25) is 0 Å². The van der Waals surface area contributed by atoms with Gasteiger partial charge in [-0.05, 0) is 5.41 Å².